The Morgan fingerprint density at radius 3 is 2.78 bits per heavy atom. The number of carbonyl (C=O) groups excluding carboxylic acids is 1. The van der Waals surface area contributed by atoms with Crippen LogP contribution < -0.4 is 0 Å². The number of likely N-dealkylation sites (tertiary alicyclic amines) is 1. The summed E-state index contributed by atoms with van der Waals surface area (Å²) < 4.78 is 31.1. The number of piperidine rings is 1. The number of sulfonamides is 1. The molecule has 0 aliphatic carbocycles. The molecule has 0 aromatic carbocycles. The average Bonchev–Trinajstić information content (AvgIpc) is 2.53. The number of rotatable bonds is 2. The number of ether oxygens (including phenoxy) is 1. The van der Waals surface area contributed by atoms with Gasteiger partial charge in [0.05, 0.1) is 30.6 Å². The molecule has 0 unspecified atom stereocenters. The predicted molar refractivity (Wildman–Crippen MR) is 84.6 cm³/mol. The van der Waals surface area contributed by atoms with Crippen molar-refractivity contribution >= 4 is 15.9 Å². The molecule has 2 saturated heterocycles. The largest absolute Gasteiger partial charge is 0.375 e. The van der Waals surface area contributed by atoms with Crippen molar-refractivity contribution in [3.05, 3.63) is 29.6 Å². The topological polar surface area (TPSA) is 79.8 Å². The van der Waals surface area contributed by atoms with Crippen molar-refractivity contribution in [2.24, 2.45) is 0 Å². The number of morpholine rings is 1. The highest BCUT2D eigenvalue weighted by Gasteiger charge is 2.42. The minimum absolute atomic E-state index is 0.116. The molecule has 2 aliphatic rings. The van der Waals surface area contributed by atoms with Gasteiger partial charge in [0.1, 0.15) is 0 Å². The molecule has 23 heavy (non-hydrogen) atoms. The fraction of sp³-hybridized carbons (Fsp3) is 0.600. The Morgan fingerprint density at radius 2 is 2.13 bits per heavy atom. The molecule has 3 heterocycles. The number of hydrogen-bond donors (Lipinski definition) is 0. The molecular formula is C15H21N3O4S. The first kappa shape index (κ1) is 16.4. The summed E-state index contributed by atoms with van der Waals surface area (Å²) in [6.45, 7) is 3.53. The number of carbonyl (C=O) groups is 1. The van der Waals surface area contributed by atoms with Gasteiger partial charge in [-0.1, -0.05) is 0 Å². The van der Waals surface area contributed by atoms with Gasteiger partial charge in [-0.25, -0.2) is 8.42 Å². The molecule has 0 N–H and O–H groups in total. The number of aromatic nitrogens is 1. The van der Waals surface area contributed by atoms with Crippen LogP contribution in [0.15, 0.2) is 18.3 Å². The van der Waals surface area contributed by atoms with Gasteiger partial charge in [0.25, 0.3) is 5.91 Å². The molecule has 1 aromatic heterocycles. The monoisotopic (exact) mass is 339 g/mol. The lowest BCUT2D eigenvalue weighted by molar-refractivity contribution is -0.0704. The third-order valence-electron chi connectivity index (χ3n) is 4.41. The van der Waals surface area contributed by atoms with Crippen LogP contribution in [-0.4, -0.2) is 73.2 Å². The lowest BCUT2D eigenvalue weighted by atomic mass is 10.00. The highest BCUT2D eigenvalue weighted by molar-refractivity contribution is 7.88. The van der Waals surface area contributed by atoms with E-state index in [0.29, 0.717) is 38.2 Å². The minimum atomic E-state index is -3.31. The van der Waals surface area contributed by atoms with E-state index < -0.39 is 10.0 Å². The Balaban J connectivity index is 1.78. The van der Waals surface area contributed by atoms with E-state index in [1.165, 1.54) is 10.6 Å². The van der Waals surface area contributed by atoms with Crippen LogP contribution in [0.4, 0.5) is 0 Å². The van der Waals surface area contributed by atoms with Crippen molar-refractivity contribution in [1.82, 2.24) is 14.2 Å². The SMILES string of the molecule is Cc1ccc(C(=O)N2CC[C@H]3OCCN(S(C)(=O)=O)[C@@H]3C2)cn1. The first-order valence-corrected chi connectivity index (χ1v) is 9.51. The summed E-state index contributed by atoms with van der Waals surface area (Å²) in [5.41, 5.74) is 1.38. The second-order valence-corrected chi connectivity index (χ2v) is 8.01. The van der Waals surface area contributed by atoms with E-state index in [0.717, 1.165) is 5.69 Å². The zero-order valence-corrected chi connectivity index (χ0v) is 14.1. The number of hydrogen-bond acceptors (Lipinski definition) is 5. The molecular weight excluding hydrogens is 318 g/mol. The lowest BCUT2D eigenvalue weighted by Crippen LogP contribution is -2.61. The molecule has 0 radical (unpaired) electrons. The molecule has 7 nitrogen and oxygen atoms in total. The van der Waals surface area contributed by atoms with E-state index in [1.807, 2.05) is 6.92 Å². The molecule has 1 amide bonds. The Bertz CT molecular complexity index is 689. The highest BCUT2D eigenvalue weighted by Crippen LogP contribution is 2.25. The molecule has 0 saturated carbocycles. The van der Waals surface area contributed by atoms with Crippen LogP contribution >= 0.6 is 0 Å². The maximum Gasteiger partial charge on any atom is 0.255 e. The fourth-order valence-electron chi connectivity index (χ4n) is 3.21. The average molecular weight is 339 g/mol. The fourth-order valence-corrected chi connectivity index (χ4v) is 4.31. The standard InChI is InChI=1S/C15H21N3O4S/c1-11-3-4-12(9-16-11)15(19)17-6-5-14-13(10-17)18(7-8-22-14)23(2,20)21/h3-4,9,13-14H,5-8,10H2,1-2H3/t13-,14-/m1/s1. The van der Waals surface area contributed by atoms with Gasteiger partial charge in [0.15, 0.2) is 0 Å². The third kappa shape index (κ3) is 3.39. The molecule has 0 bridgehead atoms. The van der Waals surface area contributed by atoms with Gasteiger partial charge >= 0.3 is 0 Å². The second kappa shape index (κ2) is 6.18. The Kier molecular flexibility index (Phi) is 4.39. The highest BCUT2D eigenvalue weighted by atomic mass is 32.2. The van der Waals surface area contributed by atoms with Gasteiger partial charge in [-0.2, -0.15) is 4.31 Å². The van der Waals surface area contributed by atoms with E-state index in [9.17, 15) is 13.2 Å². The quantitative estimate of drug-likeness (QED) is 0.772. The van der Waals surface area contributed by atoms with Gasteiger partial charge in [-0.3, -0.25) is 9.78 Å². The first-order valence-electron chi connectivity index (χ1n) is 7.66. The van der Waals surface area contributed by atoms with Crippen molar-refractivity contribution < 1.29 is 17.9 Å². The van der Waals surface area contributed by atoms with Crippen molar-refractivity contribution in [3.63, 3.8) is 0 Å². The van der Waals surface area contributed by atoms with Gasteiger partial charge in [-0.05, 0) is 25.5 Å². The Hall–Kier alpha value is -1.51. The van der Waals surface area contributed by atoms with Crippen molar-refractivity contribution in [2.45, 2.75) is 25.5 Å². The summed E-state index contributed by atoms with van der Waals surface area (Å²) in [5, 5.41) is 0. The molecule has 126 valence electrons. The summed E-state index contributed by atoms with van der Waals surface area (Å²) in [7, 11) is -3.31. The minimum Gasteiger partial charge on any atom is -0.375 e. The smallest absolute Gasteiger partial charge is 0.255 e. The van der Waals surface area contributed by atoms with Crippen molar-refractivity contribution in [3.8, 4) is 0 Å². The van der Waals surface area contributed by atoms with Crippen molar-refractivity contribution in [2.75, 3.05) is 32.5 Å². The van der Waals surface area contributed by atoms with E-state index in [1.54, 1.807) is 23.2 Å². The van der Waals surface area contributed by atoms with Crippen LogP contribution in [0.2, 0.25) is 0 Å². The number of pyridine rings is 1. The maximum atomic E-state index is 12.6. The number of nitrogens with zero attached hydrogens (tertiary/aromatic N) is 3. The van der Waals surface area contributed by atoms with Crippen LogP contribution in [0.5, 0.6) is 0 Å². The Morgan fingerprint density at radius 1 is 1.35 bits per heavy atom. The number of aryl methyl sites for hydroxylation is 1. The molecule has 1 aromatic rings. The zero-order valence-electron chi connectivity index (χ0n) is 13.3. The number of fused-ring (bicyclic) bond motifs is 1. The maximum absolute atomic E-state index is 12.6. The van der Waals surface area contributed by atoms with Crippen LogP contribution in [0.1, 0.15) is 22.5 Å². The van der Waals surface area contributed by atoms with Gasteiger partial charge in [0, 0.05) is 31.5 Å². The van der Waals surface area contributed by atoms with E-state index in [2.05, 4.69) is 4.98 Å². The molecule has 8 heteroatoms. The van der Waals surface area contributed by atoms with E-state index >= 15 is 0 Å². The predicted octanol–water partition coefficient (Wildman–Crippen LogP) is 0.265. The third-order valence-corrected chi connectivity index (χ3v) is 5.71. The second-order valence-electron chi connectivity index (χ2n) is 6.08. The number of amides is 1. The Labute approximate surface area is 136 Å². The summed E-state index contributed by atoms with van der Waals surface area (Å²) in [6, 6.07) is 3.24. The van der Waals surface area contributed by atoms with Crippen LogP contribution in [0, 0.1) is 6.92 Å². The molecule has 2 aliphatic heterocycles. The van der Waals surface area contributed by atoms with Gasteiger partial charge in [0.2, 0.25) is 10.0 Å². The van der Waals surface area contributed by atoms with Gasteiger partial charge < -0.3 is 9.64 Å². The van der Waals surface area contributed by atoms with Crippen LogP contribution in [0.3, 0.4) is 0 Å². The molecule has 2 fully saturated rings. The lowest BCUT2D eigenvalue weighted by Gasteiger charge is -2.45. The van der Waals surface area contributed by atoms with Crippen LogP contribution in [0.25, 0.3) is 0 Å². The molecule has 2 atom stereocenters. The zero-order chi connectivity index (χ0) is 16.6. The first-order chi connectivity index (χ1) is 10.9. The normalized spacial score (nSPS) is 25.9. The van der Waals surface area contributed by atoms with E-state index in [4.69, 9.17) is 4.74 Å². The van der Waals surface area contributed by atoms with Gasteiger partial charge in [-0.15, -0.1) is 0 Å². The molecule has 0 spiro atoms. The van der Waals surface area contributed by atoms with Crippen LogP contribution in [-0.2, 0) is 14.8 Å². The summed E-state index contributed by atoms with van der Waals surface area (Å²) in [4.78, 5) is 18.5. The van der Waals surface area contributed by atoms with E-state index in [-0.39, 0.29) is 18.1 Å². The van der Waals surface area contributed by atoms with Crippen molar-refractivity contribution in [1.29, 1.82) is 0 Å². The molecule has 3 rings (SSSR count). The summed E-state index contributed by atoms with van der Waals surface area (Å²) >= 11 is 0. The summed E-state index contributed by atoms with van der Waals surface area (Å²) in [5.74, 6) is -0.116. The summed E-state index contributed by atoms with van der Waals surface area (Å²) in [6.07, 6.45) is 3.27.